The summed E-state index contributed by atoms with van der Waals surface area (Å²) in [5.41, 5.74) is 2.31. The first-order chi connectivity index (χ1) is 14.5. The highest BCUT2D eigenvalue weighted by Crippen LogP contribution is 2.39. The summed E-state index contributed by atoms with van der Waals surface area (Å²) in [6.07, 6.45) is 3.75. The number of H-pyrrole nitrogens is 1. The van der Waals surface area contributed by atoms with Crippen LogP contribution in [0.3, 0.4) is 0 Å². The fourth-order valence-electron chi connectivity index (χ4n) is 3.80. The lowest BCUT2D eigenvalue weighted by Crippen LogP contribution is -2.40. The van der Waals surface area contributed by atoms with Gasteiger partial charge in [-0.05, 0) is 26.0 Å². The molecule has 0 saturated carbocycles. The van der Waals surface area contributed by atoms with Crippen LogP contribution in [0.15, 0.2) is 30.7 Å². The number of benzene rings is 1. The first kappa shape index (κ1) is 19.2. The standard InChI is InChI=1S/C20H18ClFN6OS/c1-10(2)28-18(21)11(8-25-28)20(29)27-7-6-13-16(24-9-23-13)17(27)19-26-15-12(22)4-3-5-14(15)30-19/h3-5,8-10,17H,6-7H2,1-2H3,(H,23,24)/t17-/m0/s1. The summed E-state index contributed by atoms with van der Waals surface area (Å²) in [6, 6.07) is 4.37. The molecular weight excluding hydrogens is 427 g/mol. The lowest BCUT2D eigenvalue weighted by Gasteiger charge is -2.33. The van der Waals surface area contributed by atoms with Crippen LogP contribution in [-0.4, -0.2) is 42.1 Å². The number of para-hydroxylation sites is 1. The van der Waals surface area contributed by atoms with Crippen LogP contribution >= 0.6 is 22.9 Å². The van der Waals surface area contributed by atoms with Crippen LogP contribution in [0.1, 0.15) is 52.7 Å². The molecule has 7 nitrogen and oxygen atoms in total. The maximum absolute atomic E-state index is 14.3. The van der Waals surface area contributed by atoms with E-state index in [2.05, 4.69) is 20.1 Å². The third kappa shape index (κ3) is 2.92. The third-order valence-electron chi connectivity index (χ3n) is 5.26. The minimum atomic E-state index is -0.525. The van der Waals surface area contributed by atoms with Gasteiger partial charge in [0.05, 0.1) is 28.5 Å². The Bertz CT molecular complexity index is 1260. The number of thiazole rings is 1. The molecule has 0 saturated heterocycles. The fourth-order valence-corrected chi connectivity index (χ4v) is 5.27. The highest BCUT2D eigenvalue weighted by atomic mass is 35.5. The Balaban J connectivity index is 1.62. The van der Waals surface area contributed by atoms with Crippen LogP contribution in [0.4, 0.5) is 4.39 Å². The number of aromatic amines is 1. The van der Waals surface area contributed by atoms with Crippen LogP contribution in [0.25, 0.3) is 10.2 Å². The van der Waals surface area contributed by atoms with Crippen LogP contribution in [0, 0.1) is 5.82 Å². The molecule has 1 aliphatic rings. The minimum Gasteiger partial charge on any atom is -0.348 e. The lowest BCUT2D eigenvalue weighted by molar-refractivity contribution is 0.0690. The van der Waals surface area contributed by atoms with E-state index in [1.165, 1.54) is 23.6 Å². The van der Waals surface area contributed by atoms with Gasteiger partial charge in [0.2, 0.25) is 0 Å². The number of imidazole rings is 1. The second-order valence-corrected chi connectivity index (χ2v) is 8.86. The molecule has 0 aliphatic carbocycles. The third-order valence-corrected chi connectivity index (χ3v) is 6.71. The van der Waals surface area contributed by atoms with Crippen molar-refractivity contribution in [1.82, 2.24) is 29.6 Å². The van der Waals surface area contributed by atoms with Crippen molar-refractivity contribution in [3.8, 4) is 0 Å². The molecule has 4 aromatic rings. The number of amides is 1. The van der Waals surface area contributed by atoms with Gasteiger partial charge in [0.1, 0.15) is 27.5 Å². The molecule has 154 valence electrons. The molecule has 0 bridgehead atoms. The summed E-state index contributed by atoms with van der Waals surface area (Å²) >= 11 is 7.82. The van der Waals surface area contributed by atoms with Gasteiger partial charge in [0.15, 0.2) is 0 Å². The Labute approximate surface area is 180 Å². The van der Waals surface area contributed by atoms with E-state index in [1.54, 1.807) is 22.0 Å². The first-order valence-electron chi connectivity index (χ1n) is 9.56. The molecule has 1 amide bonds. The number of carbonyl (C=O) groups excluding carboxylic acids is 1. The fraction of sp³-hybridized carbons (Fsp3) is 0.300. The zero-order valence-electron chi connectivity index (χ0n) is 16.3. The molecule has 0 fully saturated rings. The molecule has 30 heavy (non-hydrogen) atoms. The van der Waals surface area contributed by atoms with Gasteiger partial charge in [0.25, 0.3) is 5.91 Å². The van der Waals surface area contributed by atoms with Crippen LogP contribution in [0.5, 0.6) is 0 Å². The molecule has 0 spiro atoms. The van der Waals surface area contributed by atoms with Crippen molar-refractivity contribution in [2.45, 2.75) is 32.4 Å². The van der Waals surface area contributed by atoms with Crippen molar-refractivity contribution in [3.63, 3.8) is 0 Å². The summed E-state index contributed by atoms with van der Waals surface area (Å²) in [5, 5.41) is 5.18. The van der Waals surface area contributed by atoms with Crippen LogP contribution in [-0.2, 0) is 6.42 Å². The molecule has 1 atom stereocenters. The Hall–Kier alpha value is -2.78. The van der Waals surface area contributed by atoms with Crippen molar-refractivity contribution in [3.05, 3.63) is 63.7 Å². The van der Waals surface area contributed by atoms with Gasteiger partial charge < -0.3 is 9.88 Å². The number of fused-ring (bicyclic) bond motifs is 2. The lowest BCUT2D eigenvalue weighted by atomic mass is 10.0. The Morgan fingerprint density at radius 1 is 1.40 bits per heavy atom. The Morgan fingerprint density at radius 3 is 2.97 bits per heavy atom. The quantitative estimate of drug-likeness (QED) is 0.508. The van der Waals surface area contributed by atoms with Crippen molar-refractivity contribution < 1.29 is 9.18 Å². The number of nitrogens with zero attached hydrogens (tertiary/aromatic N) is 5. The smallest absolute Gasteiger partial charge is 0.259 e. The van der Waals surface area contributed by atoms with E-state index in [0.717, 1.165) is 16.1 Å². The zero-order chi connectivity index (χ0) is 21.0. The Kier molecular flexibility index (Phi) is 4.59. The zero-order valence-corrected chi connectivity index (χ0v) is 17.8. The number of nitrogens with one attached hydrogen (secondary N) is 1. The van der Waals surface area contributed by atoms with Crippen molar-refractivity contribution in [2.24, 2.45) is 0 Å². The van der Waals surface area contributed by atoms with Gasteiger partial charge in [-0.2, -0.15) is 5.10 Å². The second kappa shape index (κ2) is 7.17. The van der Waals surface area contributed by atoms with Crippen LogP contribution in [0.2, 0.25) is 5.15 Å². The average molecular weight is 445 g/mol. The largest absolute Gasteiger partial charge is 0.348 e. The average Bonchev–Trinajstić information content (AvgIpc) is 3.44. The molecule has 4 heterocycles. The second-order valence-electron chi connectivity index (χ2n) is 7.44. The monoisotopic (exact) mass is 444 g/mol. The number of halogens is 2. The molecule has 10 heteroatoms. The van der Waals surface area contributed by atoms with Gasteiger partial charge in [0, 0.05) is 24.7 Å². The number of carbonyl (C=O) groups is 1. The SMILES string of the molecule is CC(C)n1ncc(C(=O)N2CCc3[nH]cnc3[C@H]2c2nc3c(F)cccc3s2)c1Cl. The normalized spacial score (nSPS) is 16.4. The molecule has 0 unspecified atom stereocenters. The van der Waals surface area contributed by atoms with Crippen molar-refractivity contribution in [1.29, 1.82) is 0 Å². The highest BCUT2D eigenvalue weighted by molar-refractivity contribution is 7.18. The van der Waals surface area contributed by atoms with Crippen molar-refractivity contribution in [2.75, 3.05) is 6.54 Å². The molecular formula is C20H18ClFN6OS. The molecule has 1 N–H and O–H groups in total. The number of hydrogen-bond acceptors (Lipinski definition) is 5. The maximum Gasteiger partial charge on any atom is 0.259 e. The number of hydrogen-bond donors (Lipinski definition) is 1. The van der Waals surface area contributed by atoms with E-state index in [9.17, 15) is 9.18 Å². The van der Waals surface area contributed by atoms with Gasteiger partial charge in [-0.25, -0.2) is 14.4 Å². The summed E-state index contributed by atoms with van der Waals surface area (Å²) in [5.74, 6) is -0.627. The van der Waals surface area contributed by atoms with Crippen LogP contribution < -0.4 is 0 Å². The van der Waals surface area contributed by atoms with Gasteiger partial charge in [-0.3, -0.25) is 9.48 Å². The van der Waals surface area contributed by atoms with E-state index < -0.39 is 6.04 Å². The summed E-state index contributed by atoms with van der Waals surface area (Å²) in [6.45, 7) is 4.35. The molecule has 3 aromatic heterocycles. The van der Waals surface area contributed by atoms with E-state index in [-0.39, 0.29) is 17.8 Å². The van der Waals surface area contributed by atoms with Gasteiger partial charge in [-0.1, -0.05) is 17.7 Å². The number of rotatable bonds is 3. The van der Waals surface area contributed by atoms with E-state index in [0.29, 0.717) is 34.2 Å². The van der Waals surface area contributed by atoms with Gasteiger partial charge in [-0.15, -0.1) is 11.3 Å². The van der Waals surface area contributed by atoms with E-state index in [1.807, 2.05) is 19.9 Å². The molecule has 1 aromatic carbocycles. The van der Waals surface area contributed by atoms with Gasteiger partial charge >= 0.3 is 0 Å². The topological polar surface area (TPSA) is 79.7 Å². The Morgan fingerprint density at radius 2 is 2.23 bits per heavy atom. The first-order valence-corrected chi connectivity index (χ1v) is 10.8. The molecule has 0 radical (unpaired) electrons. The predicted molar refractivity (Wildman–Crippen MR) is 112 cm³/mol. The predicted octanol–water partition coefficient (Wildman–Crippen LogP) is 4.38. The molecule has 5 rings (SSSR count). The minimum absolute atomic E-state index is 0.0291. The molecule has 1 aliphatic heterocycles. The highest BCUT2D eigenvalue weighted by Gasteiger charge is 2.38. The van der Waals surface area contributed by atoms with Crippen molar-refractivity contribution >= 4 is 39.1 Å². The summed E-state index contributed by atoms with van der Waals surface area (Å²) < 4.78 is 16.6. The van der Waals surface area contributed by atoms with E-state index >= 15 is 0 Å². The number of aromatic nitrogens is 5. The maximum atomic E-state index is 14.3. The summed E-state index contributed by atoms with van der Waals surface area (Å²) in [7, 11) is 0. The summed E-state index contributed by atoms with van der Waals surface area (Å²) in [4.78, 5) is 27.3. The van der Waals surface area contributed by atoms with E-state index in [4.69, 9.17) is 11.6 Å².